The van der Waals surface area contributed by atoms with Gasteiger partial charge in [-0.25, -0.2) is 4.98 Å². The number of imidazole rings is 1. The van der Waals surface area contributed by atoms with Crippen LogP contribution in [0.1, 0.15) is 36.4 Å². The second-order valence-electron chi connectivity index (χ2n) is 6.36. The molecule has 0 spiro atoms. The first-order valence-electron chi connectivity index (χ1n) is 8.50. The van der Waals surface area contributed by atoms with Crippen LogP contribution in [-0.4, -0.2) is 21.3 Å². The number of hydrogen-bond acceptors (Lipinski definition) is 3. The third-order valence-electron chi connectivity index (χ3n) is 4.39. The highest BCUT2D eigenvalue weighted by molar-refractivity contribution is 6.32. The first kappa shape index (κ1) is 17.8. The molecular formula is C20H23ClN2O2. The Morgan fingerprint density at radius 1 is 1.20 bits per heavy atom. The van der Waals surface area contributed by atoms with Gasteiger partial charge in [0.15, 0.2) is 0 Å². The number of aliphatic hydroxyl groups is 1. The molecule has 2 aromatic carbocycles. The largest absolute Gasteiger partial charge is 0.492 e. The highest BCUT2D eigenvalue weighted by Gasteiger charge is 2.15. The molecular weight excluding hydrogens is 336 g/mol. The zero-order valence-electron chi connectivity index (χ0n) is 14.8. The van der Waals surface area contributed by atoms with Crippen molar-refractivity contribution in [1.29, 1.82) is 0 Å². The Hall–Kier alpha value is -2.04. The molecule has 3 rings (SSSR count). The van der Waals surface area contributed by atoms with Gasteiger partial charge in [-0.15, -0.1) is 0 Å². The number of fused-ring (bicyclic) bond motifs is 1. The third kappa shape index (κ3) is 3.80. The third-order valence-corrected chi connectivity index (χ3v) is 4.70. The second-order valence-corrected chi connectivity index (χ2v) is 6.76. The van der Waals surface area contributed by atoms with Crippen LogP contribution in [0, 0.1) is 13.8 Å². The van der Waals surface area contributed by atoms with Gasteiger partial charge in [-0.05, 0) is 62.6 Å². The standard InChI is InChI=1S/C20H23ClN2O2/c1-13-11-17-18(12-14(13)2)23(20(22-17)15(3)24)9-6-10-25-19-8-5-4-7-16(19)21/h4-5,7-8,11-12,15,24H,6,9-10H2,1-3H3. The molecule has 1 aromatic heterocycles. The molecule has 0 fully saturated rings. The van der Waals surface area contributed by atoms with Gasteiger partial charge in [-0.3, -0.25) is 0 Å². The van der Waals surface area contributed by atoms with E-state index in [4.69, 9.17) is 16.3 Å². The highest BCUT2D eigenvalue weighted by atomic mass is 35.5. The number of para-hydroxylation sites is 1. The van der Waals surface area contributed by atoms with Crippen LogP contribution in [0.25, 0.3) is 11.0 Å². The van der Waals surface area contributed by atoms with E-state index >= 15 is 0 Å². The fourth-order valence-corrected chi connectivity index (χ4v) is 3.11. The van der Waals surface area contributed by atoms with Crippen LogP contribution in [0.15, 0.2) is 36.4 Å². The van der Waals surface area contributed by atoms with Crippen LogP contribution in [0.3, 0.4) is 0 Å². The van der Waals surface area contributed by atoms with E-state index in [1.807, 2.05) is 24.3 Å². The van der Waals surface area contributed by atoms with E-state index in [0.29, 0.717) is 23.2 Å². The Labute approximate surface area is 153 Å². The molecule has 0 aliphatic heterocycles. The average Bonchev–Trinajstić information content (AvgIpc) is 2.91. The minimum atomic E-state index is -0.613. The minimum absolute atomic E-state index is 0.549. The summed E-state index contributed by atoms with van der Waals surface area (Å²) in [5.74, 6) is 1.39. The molecule has 0 radical (unpaired) electrons. The summed E-state index contributed by atoms with van der Waals surface area (Å²) < 4.78 is 7.85. The Balaban J connectivity index is 1.77. The smallest absolute Gasteiger partial charge is 0.138 e. The predicted molar refractivity (Wildman–Crippen MR) is 101 cm³/mol. The molecule has 0 aliphatic carbocycles. The van der Waals surface area contributed by atoms with Gasteiger partial charge >= 0.3 is 0 Å². The van der Waals surface area contributed by atoms with Crippen LogP contribution in [-0.2, 0) is 6.54 Å². The van der Waals surface area contributed by atoms with Crippen molar-refractivity contribution in [1.82, 2.24) is 9.55 Å². The normalized spacial score (nSPS) is 12.5. The summed E-state index contributed by atoms with van der Waals surface area (Å²) in [6.07, 6.45) is 0.182. The van der Waals surface area contributed by atoms with E-state index in [2.05, 4.69) is 35.5 Å². The quantitative estimate of drug-likeness (QED) is 0.642. The summed E-state index contributed by atoms with van der Waals surface area (Å²) >= 11 is 6.11. The number of ether oxygens (including phenoxy) is 1. The lowest BCUT2D eigenvalue weighted by Gasteiger charge is -2.12. The van der Waals surface area contributed by atoms with E-state index in [1.165, 1.54) is 11.1 Å². The summed E-state index contributed by atoms with van der Waals surface area (Å²) in [7, 11) is 0. The summed E-state index contributed by atoms with van der Waals surface area (Å²) in [6, 6.07) is 11.7. The van der Waals surface area contributed by atoms with Crippen molar-refractivity contribution in [3.63, 3.8) is 0 Å². The van der Waals surface area contributed by atoms with Crippen LogP contribution in [0.4, 0.5) is 0 Å². The van der Waals surface area contributed by atoms with Crippen molar-refractivity contribution in [2.75, 3.05) is 6.61 Å². The van der Waals surface area contributed by atoms with Crippen LogP contribution >= 0.6 is 11.6 Å². The molecule has 5 heteroatoms. The molecule has 1 unspecified atom stereocenters. The monoisotopic (exact) mass is 358 g/mol. The Kier molecular flexibility index (Phi) is 5.30. The maximum Gasteiger partial charge on any atom is 0.138 e. The maximum absolute atomic E-state index is 10.1. The van der Waals surface area contributed by atoms with Crippen molar-refractivity contribution >= 4 is 22.6 Å². The fourth-order valence-electron chi connectivity index (χ4n) is 2.92. The molecule has 0 amide bonds. The fraction of sp³-hybridized carbons (Fsp3) is 0.350. The lowest BCUT2D eigenvalue weighted by molar-refractivity contribution is 0.183. The first-order chi connectivity index (χ1) is 12.0. The number of hydrogen-bond donors (Lipinski definition) is 1. The predicted octanol–water partition coefficient (Wildman–Crippen LogP) is 4.83. The van der Waals surface area contributed by atoms with E-state index in [9.17, 15) is 5.11 Å². The van der Waals surface area contributed by atoms with Gasteiger partial charge in [0.05, 0.1) is 22.7 Å². The Morgan fingerprint density at radius 3 is 2.64 bits per heavy atom. The van der Waals surface area contributed by atoms with Gasteiger partial charge in [0.1, 0.15) is 17.7 Å². The molecule has 0 saturated carbocycles. The van der Waals surface area contributed by atoms with E-state index in [1.54, 1.807) is 6.92 Å². The topological polar surface area (TPSA) is 47.3 Å². The molecule has 132 valence electrons. The lowest BCUT2D eigenvalue weighted by Crippen LogP contribution is -2.10. The van der Waals surface area contributed by atoms with Gasteiger partial charge in [0, 0.05) is 6.54 Å². The molecule has 0 bridgehead atoms. The Morgan fingerprint density at radius 2 is 1.92 bits per heavy atom. The molecule has 1 heterocycles. The van der Waals surface area contributed by atoms with E-state index in [0.717, 1.165) is 24.0 Å². The summed E-state index contributed by atoms with van der Waals surface area (Å²) in [6.45, 7) is 7.19. The van der Waals surface area contributed by atoms with Gasteiger partial charge in [0.25, 0.3) is 0 Å². The van der Waals surface area contributed by atoms with Crippen LogP contribution in [0.2, 0.25) is 5.02 Å². The van der Waals surface area contributed by atoms with Crippen molar-refractivity contribution in [3.05, 3.63) is 58.4 Å². The second kappa shape index (κ2) is 7.46. The molecule has 3 aromatic rings. The van der Waals surface area contributed by atoms with Gasteiger partial charge in [0.2, 0.25) is 0 Å². The first-order valence-corrected chi connectivity index (χ1v) is 8.88. The SMILES string of the molecule is Cc1cc2nc(C(C)O)n(CCCOc3ccccc3Cl)c2cc1C. The molecule has 0 saturated heterocycles. The van der Waals surface area contributed by atoms with Crippen LogP contribution in [0.5, 0.6) is 5.75 Å². The number of nitrogens with zero attached hydrogens (tertiary/aromatic N) is 2. The van der Waals surface area contributed by atoms with Crippen molar-refractivity contribution in [2.24, 2.45) is 0 Å². The summed E-state index contributed by atoms with van der Waals surface area (Å²) in [5, 5.41) is 10.7. The van der Waals surface area contributed by atoms with E-state index in [-0.39, 0.29) is 0 Å². The Bertz CT molecular complexity index is 887. The van der Waals surface area contributed by atoms with Gasteiger partial charge in [-0.2, -0.15) is 0 Å². The number of aliphatic hydroxyl groups excluding tert-OH is 1. The van der Waals surface area contributed by atoms with Gasteiger partial charge in [-0.1, -0.05) is 23.7 Å². The van der Waals surface area contributed by atoms with Crippen LogP contribution < -0.4 is 4.74 Å². The molecule has 0 aliphatic rings. The number of aromatic nitrogens is 2. The number of aryl methyl sites for hydroxylation is 3. The summed E-state index contributed by atoms with van der Waals surface area (Å²) in [5.41, 5.74) is 4.40. The lowest BCUT2D eigenvalue weighted by atomic mass is 10.1. The van der Waals surface area contributed by atoms with Crippen molar-refractivity contribution < 1.29 is 9.84 Å². The zero-order valence-corrected chi connectivity index (χ0v) is 15.5. The average molecular weight is 359 g/mol. The number of halogens is 1. The molecule has 4 nitrogen and oxygen atoms in total. The number of rotatable bonds is 6. The summed E-state index contributed by atoms with van der Waals surface area (Å²) in [4.78, 5) is 4.62. The molecule has 1 N–H and O–H groups in total. The van der Waals surface area contributed by atoms with E-state index < -0.39 is 6.10 Å². The maximum atomic E-state index is 10.1. The molecule has 1 atom stereocenters. The minimum Gasteiger partial charge on any atom is -0.492 e. The zero-order chi connectivity index (χ0) is 18.0. The van der Waals surface area contributed by atoms with Crippen molar-refractivity contribution in [3.8, 4) is 5.75 Å². The van der Waals surface area contributed by atoms with Crippen molar-refractivity contribution in [2.45, 2.75) is 39.8 Å². The highest BCUT2D eigenvalue weighted by Crippen LogP contribution is 2.25. The number of benzene rings is 2. The molecule has 25 heavy (non-hydrogen) atoms. The van der Waals surface area contributed by atoms with Gasteiger partial charge < -0.3 is 14.4 Å².